The first-order chi connectivity index (χ1) is 13.0. The largest absolute Gasteiger partial charge is 0.355 e. The van der Waals surface area contributed by atoms with E-state index in [2.05, 4.69) is 20.9 Å². The predicted molar refractivity (Wildman–Crippen MR) is 103 cm³/mol. The minimum atomic E-state index is -0.344. The van der Waals surface area contributed by atoms with E-state index in [-0.39, 0.29) is 30.1 Å². The van der Waals surface area contributed by atoms with Gasteiger partial charge in [-0.25, -0.2) is 4.39 Å². The molecule has 1 aliphatic heterocycles. The predicted octanol–water partition coefficient (Wildman–Crippen LogP) is 0.660. The molecule has 0 saturated carbocycles. The summed E-state index contributed by atoms with van der Waals surface area (Å²) in [5.74, 6) is 0.311. The summed E-state index contributed by atoms with van der Waals surface area (Å²) in [7, 11) is 1.68. The molecule has 1 fully saturated rings. The first kappa shape index (κ1) is 20.7. The van der Waals surface area contributed by atoms with Gasteiger partial charge in [0.15, 0.2) is 5.96 Å². The van der Waals surface area contributed by atoms with Gasteiger partial charge in [0.2, 0.25) is 11.8 Å². The third-order valence-electron chi connectivity index (χ3n) is 4.40. The van der Waals surface area contributed by atoms with Gasteiger partial charge in [0.1, 0.15) is 5.82 Å². The first-order valence-corrected chi connectivity index (χ1v) is 9.28. The SMILES string of the molecule is CCC(=O)N1CCC(NC(=NC)NCCNC(=O)Cc2cccc(F)c2)C1. The minimum absolute atomic E-state index is 0.147. The maximum Gasteiger partial charge on any atom is 0.224 e. The Morgan fingerprint density at radius 2 is 2.07 bits per heavy atom. The van der Waals surface area contributed by atoms with Crippen LogP contribution in [0.4, 0.5) is 4.39 Å². The molecule has 0 radical (unpaired) electrons. The molecule has 1 heterocycles. The Hall–Kier alpha value is -2.64. The first-order valence-electron chi connectivity index (χ1n) is 9.28. The number of hydrogen-bond acceptors (Lipinski definition) is 3. The lowest BCUT2D eigenvalue weighted by molar-refractivity contribution is -0.129. The van der Waals surface area contributed by atoms with Crippen LogP contribution in [0, 0.1) is 5.82 Å². The Bertz CT molecular complexity index is 680. The van der Waals surface area contributed by atoms with Crippen LogP contribution in [0.5, 0.6) is 0 Å². The lowest BCUT2D eigenvalue weighted by Crippen LogP contribution is -2.46. The van der Waals surface area contributed by atoms with Crippen molar-refractivity contribution in [3.63, 3.8) is 0 Å². The smallest absolute Gasteiger partial charge is 0.224 e. The van der Waals surface area contributed by atoms with Crippen LogP contribution in [-0.2, 0) is 16.0 Å². The zero-order chi connectivity index (χ0) is 19.6. The lowest BCUT2D eigenvalue weighted by Gasteiger charge is -2.18. The fraction of sp³-hybridized carbons (Fsp3) is 0.526. The summed E-state index contributed by atoms with van der Waals surface area (Å²) in [4.78, 5) is 29.7. The average molecular weight is 377 g/mol. The molecule has 1 aromatic rings. The molecule has 2 rings (SSSR count). The molecule has 1 aromatic carbocycles. The van der Waals surface area contributed by atoms with Crippen molar-refractivity contribution in [2.24, 2.45) is 4.99 Å². The lowest BCUT2D eigenvalue weighted by atomic mass is 10.1. The van der Waals surface area contributed by atoms with Gasteiger partial charge in [0, 0.05) is 45.7 Å². The van der Waals surface area contributed by atoms with Gasteiger partial charge < -0.3 is 20.9 Å². The number of benzene rings is 1. The molecule has 0 bridgehead atoms. The Balaban J connectivity index is 1.65. The number of halogens is 1. The van der Waals surface area contributed by atoms with E-state index in [4.69, 9.17) is 0 Å². The summed E-state index contributed by atoms with van der Waals surface area (Å²) in [6.45, 7) is 4.25. The molecule has 7 nitrogen and oxygen atoms in total. The summed E-state index contributed by atoms with van der Waals surface area (Å²) in [6.07, 6.45) is 1.56. The number of nitrogens with zero attached hydrogens (tertiary/aromatic N) is 2. The highest BCUT2D eigenvalue weighted by molar-refractivity contribution is 5.81. The van der Waals surface area contributed by atoms with Crippen LogP contribution in [0.25, 0.3) is 0 Å². The number of amides is 2. The van der Waals surface area contributed by atoms with Crippen molar-refractivity contribution in [1.82, 2.24) is 20.9 Å². The molecule has 2 amide bonds. The Morgan fingerprint density at radius 3 is 2.78 bits per heavy atom. The highest BCUT2D eigenvalue weighted by Gasteiger charge is 2.25. The topological polar surface area (TPSA) is 85.8 Å². The second kappa shape index (κ2) is 10.5. The van der Waals surface area contributed by atoms with E-state index >= 15 is 0 Å². The molecule has 0 spiro atoms. The number of rotatable bonds is 7. The fourth-order valence-corrected chi connectivity index (χ4v) is 2.99. The maximum absolute atomic E-state index is 13.1. The molecule has 8 heteroatoms. The van der Waals surface area contributed by atoms with Crippen molar-refractivity contribution in [2.45, 2.75) is 32.2 Å². The number of nitrogens with one attached hydrogen (secondary N) is 3. The third kappa shape index (κ3) is 6.88. The number of carbonyl (C=O) groups is 2. The van der Waals surface area contributed by atoms with E-state index in [9.17, 15) is 14.0 Å². The molecular weight excluding hydrogens is 349 g/mol. The quantitative estimate of drug-likeness (QED) is 0.370. The maximum atomic E-state index is 13.1. The molecule has 0 aromatic heterocycles. The van der Waals surface area contributed by atoms with Crippen molar-refractivity contribution >= 4 is 17.8 Å². The average Bonchev–Trinajstić information content (AvgIpc) is 3.12. The number of likely N-dealkylation sites (tertiary alicyclic amines) is 1. The second-order valence-corrected chi connectivity index (χ2v) is 6.48. The molecule has 1 unspecified atom stereocenters. The normalized spacial score (nSPS) is 16.9. The van der Waals surface area contributed by atoms with Crippen molar-refractivity contribution in [3.8, 4) is 0 Å². The van der Waals surface area contributed by atoms with E-state index in [0.29, 0.717) is 37.6 Å². The van der Waals surface area contributed by atoms with Gasteiger partial charge >= 0.3 is 0 Å². The van der Waals surface area contributed by atoms with Gasteiger partial charge in [-0.3, -0.25) is 14.6 Å². The molecule has 1 saturated heterocycles. The van der Waals surface area contributed by atoms with Crippen LogP contribution < -0.4 is 16.0 Å². The molecule has 1 atom stereocenters. The van der Waals surface area contributed by atoms with Crippen LogP contribution >= 0.6 is 0 Å². The highest BCUT2D eigenvalue weighted by atomic mass is 19.1. The zero-order valence-electron chi connectivity index (χ0n) is 15.9. The third-order valence-corrected chi connectivity index (χ3v) is 4.40. The number of carbonyl (C=O) groups excluding carboxylic acids is 2. The molecule has 1 aliphatic rings. The summed E-state index contributed by atoms with van der Waals surface area (Å²) in [6, 6.07) is 6.20. The van der Waals surface area contributed by atoms with Gasteiger partial charge in [0.05, 0.1) is 6.42 Å². The van der Waals surface area contributed by atoms with Gasteiger partial charge in [-0.05, 0) is 24.1 Å². The molecule has 0 aliphatic carbocycles. The Morgan fingerprint density at radius 1 is 1.30 bits per heavy atom. The van der Waals surface area contributed by atoms with Gasteiger partial charge in [0.25, 0.3) is 0 Å². The summed E-state index contributed by atoms with van der Waals surface area (Å²) < 4.78 is 13.1. The van der Waals surface area contributed by atoms with Crippen LogP contribution in [0.15, 0.2) is 29.3 Å². The van der Waals surface area contributed by atoms with E-state index in [0.717, 1.165) is 13.0 Å². The number of hydrogen-bond donors (Lipinski definition) is 3. The number of guanidine groups is 1. The monoisotopic (exact) mass is 377 g/mol. The van der Waals surface area contributed by atoms with Crippen molar-refractivity contribution in [2.75, 3.05) is 33.2 Å². The summed E-state index contributed by atoms with van der Waals surface area (Å²) >= 11 is 0. The van der Waals surface area contributed by atoms with Gasteiger partial charge in [-0.2, -0.15) is 0 Å². The van der Waals surface area contributed by atoms with Crippen LogP contribution in [0.3, 0.4) is 0 Å². The van der Waals surface area contributed by atoms with Crippen molar-refractivity contribution in [3.05, 3.63) is 35.6 Å². The minimum Gasteiger partial charge on any atom is -0.355 e. The number of aliphatic imine (C=N–C) groups is 1. The van der Waals surface area contributed by atoms with Crippen LogP contribution in [-0.4, -0.2) is 61.9 Å². The molecule has 3 N–H and O–H groups in total. The highest BCUT2D eigenvalue weighted by Crippen LogP contribution is 2.10. The molecule has 27 heavy (non-hydrogen) atoms. The standard InChI is InChI=1S/C19H28FN5O2/c1-3-18(27)25-10-7-16(13-25)24-19(21-2)23-9-8-22-17(26)12-14-5-4-6-15(20)11-14/h4-6,11,16H,3,7-10,12-13H2,1-2H3,(H,22,26)(H2,21,23,24). The summed E-state index contributed by atoms with van der Waals surface area (Å²) in [5, 5.41) is 9.24. The van der Waals surface area contributed by atoms with Gasteiger partial charge in [-0.1, -0.05) is 19.1 Å². The Kier molecular flexibility index (Phi) is 8.03. The van der Waals surface area contributed by atoms with Crippen molar-refractivity contribution in [1.29, 1.82) is 0 Å². The van der Waals surface area contributed by atoms with E-state index in [1.165, 1.54) is 12.1 Å². The van der Waals surface area contributed by atoms with Crippen molar-refractivity contribution < 1.29 is 14.0 Å². The fourth-order valence-electron chi connectivity index (χ4n) is 2.99. The molecule has 148 valence electrons. The van der Waals surface area contributed by atoms with Gasteiger partial charge in [-0.15, -0.1) is 0 Å². The Labute approximate surface area is 159 Å². The van der Waals surface area contributed by atoms with Crippen LogP contribution in [0.1, 0.15) is 25.3 Å². The second-order valence-electron chi connectivity index (χ2n) is 6.48. The van der Waals surface area contributed by atoms with E-state index < -0.39 is 0 Å². The molecular formula is C19H28FN5O2. The summed E-state index contributed by atoms with van der Waals surface area (Å²) in [5.41, 5.74) is 0.644. The van der Waals surface area contributed by atoms with Crippen LogP contribution in [0.2, 0.25) is 0 Å². The van der Waals surface area contributed by atoms with E-state index in [1.807, 2.05) is 11.8 Å². The zero-order valence-corrected chi connectivity index (χ0v) is 15.9. The van der Waals surface area contributed by atoms with E-state index in [1.54, 1.807) is 19.2 Å².